The average Bonchev–Trinajstić information content (AvgIpc) is 2.91. The predicted octanol–water partition coefficient (Wildman–Crippen LogP) is 0.352. The van der Waals surface area contributed by atoms with Crippen LogP contribution in [0.2, 0.25) is 0 Å². The number of nitro benzene ring substituents is 1. The van der Waals surface area contributed by atoms with Gasteiger partial charge in [0.1, 0.15) is 4.90 Å². The van der Waals surface area contributed by atoms with Crippen LogP contribution < -0.4 is 10.5 Å². The van der Waals surface area contributed by atoms with E-state index in [1.54, 1.807) is 23.1 Å². The monoisotopic (exact) mass is 311 g/mol. The Kier molecular flexibility index (Phi) is 4.19. The minimum absolute atomic E-state index is 0.0489. The van der Waals surface area contributed by atoms with E-state index in [4.69, 9.17) is 5.73 Å². The van der Waals surface area contributed by atoms with Gasteiger partial charge in [-0.25, -0.2) is 13.1 Å². The maximum absolute atomic E-state index is 12.1. The van der Waals surface area contributed by atoms with Gasteiger partial charge in [-0.3, -0.25) is 14.8 Å². The fourth-order valence-corrected chi connectivity index (χ4v) is 2.84. The van der Waals surface area contributed by atoms with Crippen LogP contribution in [0.5, 0.6) is 0 Å². The van der Waals surface area contributed by atoms with Gasteiger partial charge in [0, 0.05) is 31.1 Å². The molecule has 1 aromatic carbocycles. The van der Waals surface area contributed by atoms with Crippen molar-refractivity contribution in [1.29, 1.82) is 0 Å². The van der Waals surface area contributed by atoms with Crippen molar-refractivity contribution in [2.45, 2.75) is 11.4 Å². The van der Waals surface area contributed by atoms with Crippen LogP contribution in [0.25, 0.3) is 0 Å². The molecule has 0 bridgehead atoms. The summed E-state index contributed by atoms with van der Waals surface area (Å²) in [6.07, 6.45) is 3.27. The van der Waals surface area contributed by atoms with Crippen LogP contribution in [-0.2, 0) is 16.6 Å². The number of nitrogen functional groups attached to an aromatic ring is 1. The van der Waals surface area contributed by atoms with Crippen LogP contribution in [0.1, 0.15) is 0 Å². The first kappa shape index (κ1) is 14.9. The minimum Gasteiger partial charge on any atom is -0.398 e. The molecule has 0 aliphatic rings. The molecule has 3 N–H and O–H groups in total. The Bertz CT molecular complexity index is 742. The Morgan fingerprint density at radius 1 is 1.43 bits per heavy atom. The van der Waals surface area contributed by atoms with Crippen LogP contribution in [-0.4, -0.2) is 29.7 Å². The number of anilines is 1. The van der Waals surface area contributed by atoms with Gasteiger partial charge in [0.15, 0.2) is 0 Å². The fraction of sp³-hybridized carbons (Fsp3) is 0.182. The van der Waals surface area contributed by atoms with Crippen LogP contribution in [0.15, 0.2) is 41.6 Å². The van der Waals surface area contributed by atoms with Gasteiger partial charge in [-0.2, -0.15) is 5.10 Å². The van der Waals surface area contributed by atoms with E-state index in [1.807, 2.05) is 0 Å². The molecule has 9 nitrogen and oxygen atoms in total. The molecule has 0 atom stereocenters. The van der Waals surface area contributed by atoms with E-state index in [2.05, 4.69) is 9.82 Å². The van der Waals surface area contributed by atoms with Gasteiger partial charge in [0.25, 0.3) is 5.69 Å². The molecule has 0 radical (unpaired) electrons. The van der Waals surface area contributed by atoms with Crippen molar-refractivity contribution in [3.8, 4) is 0 Å². The van der Waals surface area contributed by atoms with Gasteiger partial charge in [0.2, 0.25) is 10.0 Å². The zero-order valence-corrected chi connectivity index (χ0v) is 11.7. The van der Waals surface area contributed by atoms with Crippen molar-refractivity contribution in [3.05, 3.63) is 46.8 Å². The lowest BCUT2D eigenvalue weighted by Crippen LogP contribution is -2.28. The van der Waals surface area contributed by atoms with E-state index in [9.17, 15) is 18.5 Å². The standard InChI is InChI=1S/C11H13N5O4S/c12-10-3-2-9(16(17)18)8-11(10)21(19,20)14-5-7-15-6-1-4-13-15/h1-4,6,8,14H,5,7,12H2. The SMILES string of the molecule is Nc1ccc([N+](=O)[O-])cc1S(=O)(=O)NCCn1cccn1. The number of sulfonamides is 1. The number of hydrogen-bond donors (Lipinski definition) is 2. The average molecular weight is 311 g/mol. The molecule has 1 aromatic heterocycles. The van der Waals surface area contributed by atoms with Gasteiger partial charge < -0.3 is 5.73 Å². The van der Waals surface area contributed by atoms with E-state index in [-0.39, 0.29) is 22.8 Å². The van der Waals surface area contributed by atoms with Gasteiger partial charge in [0.05, 0.1) is 17.2 Å². The van der Waals surface area contributed by atoms with Crippen LogP contribution >= 0.6 is 0 Å². The molecule has 21 heavy (non-hydrogen) atoms. The molecule has 0 saturated carbocycles. The van der Waals surface area contributed by atoms with Gasteiger partial charge in [-0.05, 0) is 12.1 Å². The number of nitrogens with two attached hydrogens (primary N) is 1. The summed E-state index contributed by atoms with van der Waals surface area (Å²) in [5.41, 5.74) is 5.20. The summed E-state index contributed by atoms with van der Waals surface area (Å²) in [5.74, 6) is 0. The van der Waals surface area contributed by atoms with Crippen molar-refractivity contribution in [2.24, 2.45) is 0 Å². The smallest absolute Gasteiger partial charge is 0.270 e. The molecule has 0 spiro atoms. The zero-order chi connectivity index (χ0) is 15.5. The first-order chi connectivity index (χ1) is 9.90. The highest BCUT2D eigenvalue weighted by Gasteiger charge is 2.20. The molecule has 0 amide bonds. The second kappa shape index (κ2) is 5.89. The lowest BCUT2D eigenvalue weighted by atomic mass is 10.3. The Balaban J connectivity index is 2.15. The number of nitro groups is 1. The molecule has 112 valence electrons. The lowest BCUT2D eigenvalue weighted by Gasteiger charge is -2.09. The summed E-state index contributed by atoms with van der Waals surface area (Å²) in [5, 5.41) is 14.6. The van der Waals surface area contributed by atoms with Crippen LogP contribution in [0.4, 0.5) is 11.4 Å². The van der Waals surface area contributed by atoms with E-state index < -0.39 is 14.9 Å². The summed E-state index contributed by atoms with van der Waals surface area (Å²) in [7, 11) is -3.92. The summed E-state index contributed by atoms with van der Waals surface area (Å²) in [6, 6.07) is 5.00. The maximum atomic E-state index is 12.1. The molecule has 2 rings (SSSR count). The van der Waals surface area contributed by atoms with E-state index in [0.717, 1.165) is 12.1 Å². The Morgan fingerprint density at radius 2 is 2.19 bits per heavy atom. The number of rotatable bonds is 6. The van der Waals surface area contributed by atoms with Crippen molar-refractivity contribution >= 4 is 21.4 Å². The topological polar surface area (TPSA) is 133 Å². The van der Waals surface area contributed by atoms with Crippen molar-refractivity contribution < 1.29 is 13.3 Å². The van der Waals surface area contributed by atoms with Crippen molar-refractivity contribution in [1.82, 2.24) is 14.5 Å². The van der Waals surface area contributed by atoms with Crippen molar-refractivity contribution in [3.63, 3.8) is 0 Å². The largest absolute Gasteiger partial charge is 0.398 e. The van der Waals surface area contributed by atoms with Gasteiger partial charge >= 0.3 is 0 Å². The summed E-state index contributed by atoms with van der Waals surface area (Å²) >= 11 is 0. The summed E-state index contributed by atoms with van der Waals surface area (Å²) in [4.78, 5) is 9.71. The fourth-order valence-electron chi connectivity index (χ4n) is 1.67. The normalized spacial score (nSPS) is 11.4. The number of benzene rings is 1. The van der Waals surface area contributed by atoms with Crippen LogP contribution in [0, 0.1) is 10.1 Å². The van der Waals surface area contributed by atoms with Gasteiger partial charge in [-0.1, -0.05) is 0 Å². The molecule has 0 aliphatic carbocycles. The second-order valence-corrected chi connectivity index (χ2v) is 5.88. The van der Waals surface area contributed by atoms with E-state index in [0.29, 0.717) is 6.54 Å². The Labute approximate surface area is 120 Å². The van der Waals surface area contributed by atoms with E-state index >= 15 is 0 Å². The lowest BCUT2D eigenvalue weighted by molar-refractivity contribution is -0.385. The quantitative estimate of drug-likeness (QED) is 0.449. The molecular weight excluding hydrogens is 298 g/mol. The highest BCUT2D eigenvalue weighted by Crippen LogP contribution is 2.23. The maximum Gasteiger partial charge on any atom is 0.270 e. The highest BCUT2D eigenvalue weighted by molar-refractivity contribution is 7.89. The Morgan fingerprint density at radius 3 is 2.81 bits per heavy atom. The number of non-ortho nitro benzene ring substituents is 1. The number of aromatic nitrogens is 2. The van der Waals surface area contributed by atoms with E-state index in [1.165, 1.54) is 6.07 Å². The summed E-state index contributed by atoms with van der Waals surface area (Å²) < 4.78 is 28.1. The third-order valence-corrected chi connectivity index (χ3v) is 4.21. The molecule has 0 fully saturated rings. The summed E-state index contributed by atoms with van der Waals surface area (Å²) in [6.45, 7) is 0.424. The first-order valence-electron chi connectivity index (χ1n) is 5.91. The van der Waals surface area contributed by atoms with Gasteiger partial charge in [-0.15, -0.1) is 0 Å². The minimum atomic E-state index is -3.92. The molecule has 10 heteroatoms. The number of nitrogens with one attached hydrogen (secondary N) is 1. The predicted molar refractivity (Wildman–Crippen MR) is 74.9 cm³/mol. The molecule has 0 aliphatic heterocycles. The van der Waals surface area contributed by atoms with Crippen molar-refractivity contribution in [2.75, 3.05) is 12.3 Å². The molecule has 1 heterocycles. The molecule has 0 saturated heterocycles. The zero-order valence-electron chi connectivity index (χ0n) is 10.8. The molecular formula is C11H13N5O4S. The number of hydrogen-bond acceptors (Lipinski definition) is 6. The number of nitrogens with zero attached hydrogens (tertiary/aromatic N) is 3. The second-order valence-electron chi connectivity index (χ2n) is 4.15. The molecule has 0 unspecified atom stereocenters. The third-order valence-electron chi connectivity index (χ3n) is 2.69. The first-order valence-corrected chi connectivity index (χ1v) is 7.39. The highest BCUT2D eigenvalue weighted by atomic mass is 32.2. The third kappa shape index (κ3) is 3.55. The Hall–Kier alpha value is -2.46. The molecule has 2 aromatic rings. The van der Waals surface area contributed by atoms with Crippen LogP contribution in [0.3, 0.4) is 0 Å².